The number of aryl methyl sites for hydroxylation is 1. The highest BCUT2D eigenvalue weighted by Crippen LogP contribution is 2.43. The van der Waals surface area contributed by atoms with E-state index in [1.54, 1.807) is 10.8 Å². The molecule has 0 bridgehead atoms. The van der Waals surface area contributed by atoms with Gasteiger partial charge in [0.1, 0.15) is 0 Å². The van der Waals surface area contributed by atoms with Crippen LogP contribution in [0, 0.1) is 0 Å². The van der Waals surface area contributed by atoms with Crippen molar-refractivity contribution < 1.29 is 0 Å². The van der Waals surface area contributed by atoms with E-state index >= 15 is 0 Å². The van der Waals surface area contributed by atoms with Gasteiger partial charge in [-0.25, -0.2) is 4.79 Å². The second-order valence-electron chi connectivity index (χ2n) is 8.82. The van der Waals surface area contributed by atoms with Gasteiger partial charge in [-0.05, 0) is 29.5 Å². The molecule has 1 N–H and O–H groups in total. The van der Waals surface area contributed by atoms with E-state index in [1.807, 2.05) is 0 Å². The number of benzene rings is 3. The Morgan fingerprint density at radius 3 is 1.56 bits per heavy atom. The van der Waals surface area contributed by atoms with Crippen LogP contribution in [0.25, 0.3) is 0 Å². The molecule has 0 fully saturated rings. The van der Waals surface area contributed by atoms with Crippen molar-refractivity contribution in [1.29, 1.82) is 0 Å². The molecule has 174 valence electrons. The van der Waals surface area contributed by atoms with Crippen LogP contribution in [0.5, 0.6) is 0 Å². The lowest BCUT2D eigenvalue weighted by molar-refractivity contribution is 0.489. The van der Waals surface area contributed by atoms with Gasteiger partial charge in [-0.3, -0.25) is 9.78 Å². The summed E-state index contributed by atoms with van der Waals surface area (Å²) in [5.74, 6) is 0. The molecular weight excluding hydrogens is 420 g/mol. The largest absolute Gasteiger partial charge is 0.328 e. The predicted molar refractivity (Wildman–Crippen MR) is 138 cm³/mol. The molecule has 0 spiro atoms. The number of unbranched alkanes of at least 4 members (excludes halogenated alkanes) is 4. The average Bonchev–Trinajstić information content (AvgIpc) is 2.88. The van der Waals surface area contributed by atoms with Gasteiger partial charge in [0, 0.05) is 24.2 Å². The maximum atomic E-state index is 11.8. The van der Waals surface area contributed by atoms with Gasteiger partial charge in [0.15, 0.2) is 0 Å². The highest BCUT2D eigenvalue weighted by Gasteiger charge is 2.35. The quantitative estimate of drug-likeness (QED) is 0.227. The Morgan fingerprint density at radius 2 is 1.06 bits per heavy atom. The zero-order chi connectivity index (χ0) is 23.6. The first kappa shape index (κ1) is 23.5. The summed E-state index contributed by atoms with van der Waals surface area (Å²) in [5, 5.41) is 0. The van der Waals surface area contributed by atoms with Crippen LogP contribution in [-0.2, 0) is 12.0 Å². The first-order valence-corrected chi connectivity index (χ1v) is 12.2. The Labute approximate surface area is 200 Å². The standard InChI is InChI=1S/C30H32N2O2/c33-28-21-24-32(29(34)31-28)23-14-3-1-2-13-22-30(25-15-7-4-8-16-25,26-17-9-5-10-18-26)27-19-11-6-12-20-27/h4-12,15-21,24H,1-3,13-14,22-23H2,(H,31,33,34). The number of nitrogens with one attached hydrogen (secondary N) is 1. The SMILES string of the molecule is O=c1ccn(CCCCCCCC(c2ccccc2)(c2ccccc2)c2ccccc2)c(=O)[nH]1. The molecule has 34 heavy (non-hydrogen) atoms. The van der Waals surface area contributed by atoms with E-state index in [-0.39, 0.29) is 16.7 Å². The van der Waals surface area contributed by atoms with Crippen molar-refractivity contribution in [3.8, 4) is 0 Å². The first-order valence-electron chi connectivity index (χ1n) is 12.2. The Bertz CT molecular complexity index is 1170. The van der Waals surface area contributed by atoms with Crippen LogP contribution in [0.15, 0.2) is 113 Å². The number of aromatic amines is 1. The van der Waals surface area contributed by atoms with Crippen molar-refractivity contribution in [2.75, 3.05) is 0 Å². The minimum atomic E-state index is -0.347. The third kappa shape index (κ3) is 5.45. The normalized spacial score (nSPS) is 11.4. The maximum Gasteiger partial charge on any atom is 0.328 e. The molecule has 0 unspecified atom stereocenters. The fraction of sp³-hybridized carbons (Fsp3) is 0.267. The number of rotatable bonds is 11. The minimum absolute atomic E-state index is 0.187. The van der Waals surface area contributed by atoms with Gasteiger partial charge in [-0.15, -0.1) is 0 Å². The van der Waals surface area contributed by atoms with Crippen molar-refractivity contribution in [2.45, 2.75) is 50.5 Å². The second-order valence-corrected chi connectivity index (χ2v) is 8.82. The van der Waals surface area contributed by atoms with Gasteiger partial charge < -0.3 is 4.57 Å². The van der Waals surface area contributed by atoms with Crippen LogP contribution in [0.2, 0.25) is 0 Å². The predicted octanol–water partition coefficient (Wildman–Crippen LogP) is 5.91. The third-order valence-electron chi connectivity index (χ3n) is 6.65. The molecule has 0 saturated carbocycles. The molecule has 3 aromatic carbocycles. The average molecular weight is 453 g/mol. The van der Waals surface area contributed by atoms with E-state index < -0.39 is 0 Å². The fourth-order valence-corrected chi connectivity index (χ4v) is 4.92. The van der Waals surface area contributed by atoms with Crippen molar-refractivity contribution in [2.24, 2.45) is 0 Å². The van der Waals surface area contributed by atoms with Crippen LogP contribution in [0.1, 0.15) is 55.2 Å². The molecule has 4 rings (SSSR count). The van der Waals surface area contributed by atoms with E-state index in [4.69, 9.17) is 0 Å². The molecule has 0 aliphatic rings. The van der Waals surface area contributed by atoms with Gasteiger partial charge >= 0.3 is 5.69 Å². The van der Waals surface area contributed by atoms with Gasteiger partial charge in [-0.2, -0.15) is 0 Å². The topological polar surface area (TPSA) is 54.9 Å². The molecule has 4 aromatic rings. The zero-order valence-corrected chi connectivity index (χ0v) is 19.5. The lowest BCUT2D eigenvalue weighted by Gasteiger charge is -2.36. The van der Waals surface area contributed by atoms with Crippen molar-refractivity contribution >= 4 is 0 Å². The van der Waals surface area contributed by atoms with E-state index in [1.165, 1.54) is 22.8 Å². The van der Waals surface area contributed by atoms with Crippen LogP contribution in [-0.4, -0.2) is 9.55 Å². The molecule has 1 heterocycles. The third-order valence-corrected chi connectivity index (χ3v) is 6.65. The van der Waals surface area contributed by atoms with E-state index in [0.29, 0.717) is 6.54 Å². The van der Waals surface area contributed by atoms with Gasteiger partial charge in [0.25, 0.3) is 5.56 Å². The van der Waals surface area contributed by atoms with Crippen molar-refractivity contribution in [3.63, 3.8) is 0 Å². The summed E-state index contributed by atoms with van der Waals surface area (Å²) in [4.78, 5) is 25.4. The second kappa shape index (κ2) is 11.5. The monoisotopic (exact) mass is 452 g/mol. The Morgan fingerprint density at radius 1 is 0.588 bits per heavy atom. The number of hydrogen-bond donors (Lipinski definition) is 1. The van der Waals surface area contributed by atoms with Crippen LogP contribution in [0.3, 0.4) is 0 Å². The van der Waals surface area contributed by atoms with Gasteiger partial charge in [-0.1, -0.05) is 117 Å². The molecule has 4 nitrogen and oxygen atoms in total. The molecule has 0 saturated heterocycles. The van der Waals surface area contributed by atoms with Crippen molar-refractivity contribution in [1.82, 2.24) is 9.55 Å². The zero-order valence-electron chi connectivity index (χ0n) is 19.5. The summed E-state index contributed by atoms with van der Waals surface area (Å²) in [5.41, 5.74) is 3.11. The lowest BCUT2D eigenvalue weighted by atomic mass is 9.66. The Kier molecular flexibility index (Phi) is 7.92. The summed E-state index contributed by atoms with van der Waals surface area (Å²) in [7, 11) is 0. The van der Waals surface area contributed by atoms with Crippen LogP contribution < -0.4 is 11.2 Å². The Balaban J connectivity index is 1.45. The summed E-state index contributed by atoms with van der Waals surface area (Å²) < 4.78 is 1.58. The molecule has 0 amide bonds. The molecule has 4 heteroatoms. The molecule has 0 aliphatic carbocycles. The van der Waals surface area contributed by atoms with Gasteiger partial charge in [0.2, 0.25) is 0 Å². The molecular formula is C30H32N2O2. The summed E-state index contributed by atoms with van der Waals surface area (Å²) >= 11 is 0. The number of aromatic nitrogens is 2. The molecule has 1 aromatic heterocycles. The Hall–Kier alpha value is -3.66. The van der Waals surface area contributed by atoms with Crippen molar-refractivity contribution in [3.05, 3.63) is 141 Å². The summed E-state index contributed by atoms with van der Waals surface area (Å²) in [6, 6.07) is 34.0. The lowest BCUT2D eigenvalue weighted by Crippen LogP contribution is -2.29. The highest BCUT2D eigenvalue weighted by molar-refractivity contribution is 5.50. The number of hydrogen-bond acceptors (Lipinski definition) is 2. The summed E-state index contributed by atoms with van der Waals surface area (Å²) in [6.45, 7) is 0.637. The van der Waals surface area contributed by atoms with E-state index in [2.05, 4.69) is 96.0 Å². The maximum absolute atomic E-state index is 11.8. The highest BCUT2D eigenvalue weighted by atomic mass is 16.2. The fourth-order valence-electron chi connectivity index (χ4n) is 4.92. The smallest absolute Gasteiger partial charge is 0.301 e. The number of nitrogens with zero attached hydrogens (tertiary/aromatic N) is 1. The minimum Gasteiger partial charge on any atom is -0.301 e. The summed E-state index contributed by atoms with van der Waals surface area (Å²) in [6.07, 6.45) is 7.95. The molecule has 0 radical (unpaired) electrons. The molecule has 0 aliphatic heterocycles. The van der Waals surface area contributed by atoms with Crippen LogP contribution in [0.4, 0.5) is 0 Å². The van der Waals surface area contributed by atoms with Gasteiger partial charge in [0.05, 0.1) is 0 Å². The first-order chi connectivity index (χ1) is 16.7. The number of H-pyrrole nitrogens is 1. The molecule has 0 atom stereocenters. The van der Waals surface area contributed by atoms with E-state index in [9.17, 15) is 9.59 Å². The van der Waals surface area contributed by atoms with E-state index in [0.717, 1.165) is 38.5 Å². The van der Waals surface area contributed by atoms with Crippen LogP contribution >= 0.6 is 0 Å².